The highest BCUT2D eigenvalue weighted by Gasteiger charge is 2.28. The molecule has 3 heterocycles. The Morgan fingerprint density at radius 3 is 3.00 bits per heavy atom. The standard InChI is InChI=1S/C13H16N4S/c1-9-4-2-6-12(15-9)17-7-3-5-11(17)10-8-18-13(14)16-10/h2,4,6,8,11H,3,5,7H2,1H3,(H2,14,16)/t11-/m1/s1. The second-order valence-corrected chi connectivity index (χ2v) is 5.49. The van der Waals surface area contributed by atoms with Gasteiger partial charge in [-0.1, -0.05) is 6.07 Å². The number of aryl methyl sites for hydroxylation is 1. The summed E-state index contributed by atoms with van der Waals surface area (Å²) >= 11 is 1.51. The smallest absolute Gasteiger partial charge is 0.180 e. The van der Waals surface area contributed by atoms with Crippen LogP contribution in [0.2, 0.25) is 0 Å². The number of aromatic nitrogens is 2. The van der Waals surface area contributed by atoms with E-state index in [0.29, 0.717) is 11.2 Å². The molecule has 1 aliphatic heterocycles. The predicted octanol–water partition coefficient (Wildman–Crippen LogP) is 2.77. The second-order valence-electron chi connectivity index (χ2n) is 4.60. The fourth-order valence-electron chi connectivity index (χ4n) is 2.49. The number of pyridine rings is 1. The minimum absolute atomic E-state index is 0.327. The predicted molar refractivity (Wildman–Crippen MR) is 74.8 cm³/mol. The third kappa shape index (κ3) is 2.06. The molecule has 0 aromatic carbocycles. The summed E-state index contributed by atoms with van der Waals surface area (Å²) in [7, 11) is 0. The molecule has 0 saturated carbocycles. The zero-order valence-electron chi connectivity index (χ0n) is 10.3. The lowest BCUT2D eigenvalue weighted by Crippen LogP contribution is -2.23. The van der Waals surface area contributed by atoms with Crippen LogP contribution < -0.4 is 10.6 Å². The molecule has 2 aromatic heterocycles. The van der Waals surface area contributed by atoms with Crippen molar-refractivity contribution < 1.29 is 0 Å². The van der Waals surface area contributed by atoms with Crippen LogP contribution in [0.15, 0.2) is 23.6 Å². The van der Waals surface area contributed by atoms with Crippen LogP contribution in [0.1, 0.15) is 30.3 Å². The summed E-state index contributed by atoms with van der Waals surface area (Å²) in [4.78, 5) is 11.4. The average Bonchev–Trinajstić information content (AvgIpc) is 2.96. The normalized spacial score (nSPS) is 19.4. The van der Waals surface area contributed by atoms with Gasteiger partial charge in [-0.25, -0.2) is 9.97 Å². The summed E-state index contributed by atoms with van der Waals surface area (Å²) in [5.41, 5.74) is 7.86. The Kier molecular flexibility index (Phi) is 2.91. The van der Waals surface area contributed by atoms with Crippen LogP contribution >= 0.6 is 11.3 Å². The van der Waals surface area contributed by atoms with E-state index < -0.39 is 0 Å². The second kappa shape index (κ2) is 4.57. The number of hydrogen-bond acceptors (Lipinski definition) is 5. The highest BCUT2D eigenvalue weighted by molar-refractivity contribution is 7.13. The number of rotatable bonds is 2. The molecular weight excluding hydrogens is 244 g/mol. The lowest BCUT2D eigenvalue weighted by molar-refractivity contribution is 0.693. The van der Waals surface area contributed by atoms with Crippen molar-refractivity contribution in [3.05, 3.63) is 35.0 Å². The largest absolute Gasteiger partial charge is 0.375 e. The number of thiazole rings is 1. The zero-order valence-corrected chi connectivity index (χ0v) is 11.2. The molecule has 0 radical (unpaired) electrons. The third-order valence-electron chi connectivity index (χ3n) is 3.30. The Morgan fingerprint density at radius 2 is 2.28 bits per heavy atom. The van der Waals surface area contributed by atoms with Gasteiger partial charge in [0.25, 0.3) is 0 Å². The fraction of sp³-hybridized carbons (Fsp3) is 0.385. The van der Waals surface area contributed by atoms with Gasteiger partial charge in [-0.2, -0.15) is 0 Å². The number of nitrogens with zero attached hydrogens (tertiary/aromatic N) is 3. The molecule has 0 spiro atoms. The highest BCUT2D eigenvalue weighted by atomic mass is 32.1. The van der Waals surface area contributed by atoms with E-state index in [0.717, 1.165) is 30.2 Å². The van der Waals surface area contributed by atoms with Crippen molar-refractivity contribution in [2.75, 3.05) is 17.2 Å². The van der Waals surface area contributed by atoms with Crippen molar-refractivity contribution in [2.45, 2.75) is 25.8 Å². The molecule has 2 N–H and O–H groups in total. The maximum Gasteiger partial charge on any atom is 0.180 e. The molecule has 1 atom stereocenters. The van der Waals surface area contributed by atoms with Gasteiger partial charge in [-0.3, -0.25) is 0 Å². The minimum atomic E-state index is 0.327. The molecule has 2 aromatic rings. The van der Waals surface area contributed by atoms with E-state index >= 15 is 0 Å². The van der Waals surface area contributed by atoms with E-state index in [1.165, 1.54) is 17.8 Å². The summed E-state index contributed by atoms with van der Waals surface area (Å²) in [6, 6.07) is 6.48. The molecule has 1 saturated heterocycles. The summed E-state index contributed by atoms with van der Waals surface area (Å²) < 4.78 is 0. The average molecular weight is 260 g/mol. The molecule has 1 aliphatic rings. The quantitative estimate of drug-likeness (QED) is 0.902. The zero-order chi connectivity index (χ0) is 12.5. The van der Waals surface area contributed by atoms with Gasteiger partial charge in [0.15, 0.2) is 5.13 Å². The molecule has 94 valence electrons. The van der Waals surface area contributed by atoms with E-state index in [2.05, 4.69) is 32.4 Å². The molecule has 3 rings (SSSR count). The van der Waals surface area contributed by atoms with Crippen molar-refractivity contribution in [3.8, 4) is 0 Å². The van der Waals surface area contributed by atoms with Gasteiger partial charge < -0.3 is 10.6 Å². The van der Waals surface area contributed by atoms with Crippen LogP contribution in [0.4, 0.5) is 10.9 Å². The van der Waals surface area contributed by atoms with Crippen LogP contribution in [-0.2, 0) is 0 Å². The van der Waals surface area contributed by atoms with Crippen molar-refractivity contribution in [1.29, 1.82) is 0 Å². The van der Waals surface area contributed by atoms with Gasteiger partial charge >= 0.3 is 0 Å². The Bertz CT molecular complexity index is 551. The van der Waals surface area contributed by atoms with E-state index in [-0.39, 0.29) is 0 Å². The Hall–Kier alpha value is -1.62. The van der Waals surface area contributed by atoms with Gasteiger partial charge in [0.1, 0.15) is 5.82 Å². The van der Waals surface area contributed by atoms with Crippen molar-refractivity contribution >= 4 is 22.3 Å². The molecule has 1 fully saturated rings. The van der Waals surface area contributed by atoms with Crippen LogP contribution in [0, 0.1) is 6.92 Å². The van der Waals surface area contributed by atoms with Crippen LogP contribution in [0.3, 0.4) is 0 Å². The molecular formula is C13H16N4S. The highest BCUT2D eigenvalue weighted by Crippen LogP contribution is 2.35. The summed E-state index contributed by atoms with van der Waals surface area (Å²) in [5.74, 6) is 1.05. The lowest BCUT2D eigenvalue weighted by Gasteiger charge is -2.24. The van der Waals surface area contributed by atoms with Crippen LogP contribution in [0.25, 0.3) is 0 Å². The Morgan fingerprint density at radius 1 is 1.39 bits per heavy atom. The molecule has 0 bridgehead atoms. The van der Waals surface area contributed by atoms with E-state index in [9.17, 15) is 0 Å². The van der Waals surface area contributed by atoms with E-state index in [4.69, 9.17) is 5.73 Å². The first-order valence-electron chi connectivity index (χ1n) is 6.15. The number of nitrogens with two attached hydrogens (primary N) is 1. The first-order chi connectivity index (χ1) is 8.74. The van der Waals surface area contributed by atoms with Gasteiger partial charge in [0.2, 0.25) is 0 Å². The maximum atomic E-state index is 5.73. The molecule has 18 heavy (non-hydrogen) atoms. The van der Waals surface area contributed by atoms with E-state index in [1.807, 2.05) is 13.0 Å². The summed E-state index contributed by atoms with van der Waals surface area (Å²) in [6.07, 6.45) is 2.30. The topological polar surface area (TPSA) is 55.0 Å². The monoisotopic (exact) mass is 260 g/mol. The number of anilines is 2. The Balaban J connectivity index is 1.92. The first-order valence-corrected chi connectivity index (χ1v) is 7.03. The minimum Gasteiger partial charge on any atom is -0.375 e. The van der Waals surface area contributed by atoms with Crippen molar-refractivity contribution in [1.82, 2.24) is 9.97 Å². The van der Waals surface area contributed by atoms with Gasteiger partial charge in [-0.15, -0.1) is 11.3 Å². The van der Waals surface area contributed by atoms with Gasteiger partial charge in [-0.05, 0) is 31.9 Å². The molecule has 0 aliphatic carbocycles. The van der Waals surface area contributed by atoms with Gasteiger partial charge in [0, 0.05) is 17.6 Å². The van der Waals surface area contributed by atoms with Crippen molar-refractivity contribution in [3.63, 3.8) is 0 Å². The maximum absolute atomic E-state index is 5.73. The van der Waals surface area contributed by atoms with Crippen LogP contribution in [-0.4, -0.2) is 16.5 Å². The summed E-state index contributed by atoms with van der Waals surface area (Å²) in [6.45, 7) is 3.06. The van der Waals surface area contributed by atoms with Crippen molar-refractivity contribution in [2.24, 2.45) is 0 Å². The fourth-order valence-corrected chi connectivity index (χ4v) is 3.10. The molecule has 4 nitrogen and oxygen atoms in total. The molecule has 0 amide bonds. The number of hydrogen-bond donors (Lipinski definition) is 1. The van der Waals surface area contributed by atoms with Crippen LogP contribution in [0.5, 0.6) is 0 Å². The number of nitrogen functional groups attached to an aromatic ring is 1. The third-order valence-corrected chi connectivity index (χ3v) is 3.99. The SMILES string of the molecule is Cc1cccc(N2CCC[C@@H]2c2csc(N)n2)n1. The molecule has 5 heteroatoms. The first kappa shape index (κ1) is 11.5. The van der Waals surface area contributed by atoms with E-state index in [1.54, 1.807) is 0 Å². The van der Waals surface area contributed by atoms with Gasteiger partial charge in [0.05, 0.1) is 11.7 Å². The summed E-state index contributed by atoms with van der Waals surface area (Å²) in [5, 5.41) is 2.71. The lowest BCUT2D eigenvalue weighted by atomic mass is 10.1. The molecule has 0 unspecified atom stereocenters. The Labute approximate surface area is 110 Å².